The van der Waals surface area contributed by atoms with Gasteiger partial charge in [0.2, 0.25) is 0 Å². The van der Waals surface area contributed by atoms with Crippen LogP contribution in [-0.4, -0.2) is 39.5 Å². The molecule has 1 N–H and O–H groups in total. The number of fused-ring (bicyclic) bond motifs is 1. The van der Waals surface area contributed by atoms with Gasteiger partial charge in [0.25, 0.3) is 0 Å². The van der Waals surface area contributed by atoms with E-state index in [1.807, 2.05) is 30.6 Å². The number of aromatic nitrogens is 3. The molecular formula is C20H22N4. The third-order valence-corrected chi connectivity index (χ3v) is 4.88. The van der Waals surface area contributed by atoms with E-state index in [4.69, 9.17) is 4.98 Å². The standard InChI is InChI=1S/C20H22N4/c1-2-11-24-12-7-16(8-13-24)20-22-18-4-3-17(14-19(18)23-20)15-5-9-21-10-6-15/h2-6,9-10,14,16H,1,7-8,11-13H2,(H,22,23). The van der Waals surface area contributed by atoms with E-state index in [1.54, 1.807) is 0 Å². The normalized spacial score (nSPS) is 16.5. The number of rotatable bonds is 4. The van der Waals surface area contributed by atoms with Crippen molar-refractivity contribution in [2.24, 2.45) is 0 Å². The molecule has 0 amide bonds. The number of nitrogens with zero attached hydrogens (tertiary/aromatic N) is 3. The largest absolute Gasteiger partial charge is 0.342 e. The number of aromatic amines is 1. The molecule has 1 fully saturated rings. The summed E-state index contributed by atoms with van der Waals surface area (Å²) in [6.07, 6.45) is 7.96. The molecular weight excluding hydrogens is 296 g/mol. The van der Waals surface area contributed by atoms with E-state index in [1.165, 1.54) is 11.1 Å². The van der Waals surface area contributed by atoms with E-state index in [0.717, 1.165) is 49.3 Å². The van der Waals surface area contributed by atoms with Crippen LogP contribution in [0.15, 0.2) is 55.4 Å². The molecule has 1 aromatic carbocycles. The fraction of sp³-hybridized carbons (Fsp3) is 0.300. The summed E-state index contributed by atoms with van der Waals surface area (Å²) in [6.45, 7) is 7.06. The van der Waals surface area contributed by atoms with Gasteiger partial charge in [0.15, 0.2) is 0 Å². The van der Waals surface area contributed by atoms with Crippen LogP contribution in [0.2, 0.25) is 0 Å². The predicted octanol–water partition coefficient (Wildman–Crippen LogP) is 3.99. The van der Waals surface area contributed by atoms with Crippen LogP contribution in [-0.2, 0) is 0 Å². The lowest BCUT2D eigenvalue weighted by Gasteiger charge is -2.30. The fourth-order valence-electron chi connectivity index (χ4n) is 3.52. The molecule has 0 aliphatic carbocycles. The fourth-order valence-corrected chi connectivity index (χ4v) is 3.52. The summed E-state index contributed by atoms with van der Waals surface area (Å²) < 4.78 is 0. The Kier molecular flexibility index (Phi) is 4.13. The van der Waals surface area contributed by atoms with E-state index in [2.05, 4.69) is 39.6 Å². The first-order valence-corrected chi connectivity index (χ1v) is 8.57. The van der Waals surface area contributed by atoms with Gasteiger partial charge in [-0.3, -0.25) is 9.88 Å². The summed E-state index contributed by atoms with van der Waals surface area (Å²) in [5, 5.41) is 0. The number of H-pyrrole nitrogens is 1. The molecule has 4 nitrogen and oxygen atoms in total. The van der Waals surface area contributed by atoms with Crippen molar-refractivity contribution in [3.8, 4) is 11.1 Å². The van der Waals surface area contributed by atoms with Crippen molar-refractivity contribution in [3.05, 3.63) is 61.2 Å². The smallest absolute Gasteiger partial charge is 0.110 e. The number of pyridine rings is 1. The van der Waals surface area contributed by atoms with Gasteiger partial charge in [-0.25, -0.2) is 4.98 Å². The molecule has 1 saturated heterocycles. The van der Waals surface area contributed by atoms with Crippen LogP contribution in [0.3, 0.4) is 0 Å². The Hall–Kier alpha value is -2.46. The molecule has 4 rings (SSSR count). The lowest BCUT2D eigenvalue weighted by Crippen LogP contribution is -2.33. The molecule has 122 valence electrons. The molecule has 0 saturated carbocycles. The number of hydrogen-bond donors (Lipinski definition) is 1. The molecule has 3 aromatic rings. The van der Waals surface area contributed by atoms with Crippen LogP contribution in [0, 0.1) is 0 Å². The quantitative estimate of drug-likeness (QED) is 0.740. The van der Waals surface area contributed by atoms with Crippen LogP contribution in [0.4, 0.5) is 0 Å². The zero-order chi connectivity index (χ0) is 16.4. The average Bonchev–Trinajstić information content (AvgIpc) is 3.06. The van der Waals surface area contributed by atoms with Crippen molar-refractivity contribution in [1.82, 2.24) is 19.9 Å². The lowest BCUT2D eigenvalue weighted by molar-refractivity contribution is 0.229. The van der Waals surface area contributed by atoms with Crippen molar-refractivity contribution >= 4 is 11.0 Å². The highest BCUT2D eigenvalue weighted by molar-refractivity contribution is 5.82. The molecule has 0 radical (unpaired) electrons. The van der Waals surface area contributed by atoms with E-state index < -0.39 is 0 Å². The minimum Gasteiger partial charge on any atom is -0.342 e. The first-order chi connectivity index (χ1) is 11.8. The maximum absolute atomic E-state index is 4.84. The van der Waals surface area contributed by atoms with Crippen molar-refractivity contribution in [2.75, 3.05) is 19.6 Å². The van der Waals surface area contributed by atoms with Crippen LogP contribution in [0.25, 0.3) is 22.2 Å². The highest BCUT2D eigenvalue weighted by Crippen LogP contribution is 2.29. The molecule has 1 aliphatic heterocycles. The van der Waals surface area contributed by atoms with Crippen molar-refractivity contribution < 1.29 is 0 Å². The summed E-state index contributed by atoms with van der Waals surface area (Å²) in [4.78, 5) is 14.9. The Morgan fingerprint density at radius 3 is 2.67 bits per heavy atom. The molecule has 1 aliphatic rings. The lowest BCUT2D eigenvalue weighted by atomic mass is 9.96. The zero-order valence-corrected chi connectivity index (χ0v) is 13.8. The van der Waals surface area contributed by atoms with Gasteiger partial charge in [0, 0.05) is 24.9 Å². The molecule has 0 spiro atoms. The summed E-state index contributed by atoms with van der Waals surface area (Å²) >= 11 is 0. The molecule has 3 heterocycles. The monoisotopic (exact) mass is 318 g/mol. The maximum Gasteiger partial charge on any atom is 0.110 e. The molecule has 4 heteroatoms. The minimum atomic E-state index is 0.530. The Morgan fingerprint density at radius 2 is 1.92 bits per heavy atom. The van der Waals surface area contributed by atoms with E-state index in [0.29, 0.717) is 5.92 Å². The second-order valence-electron chi connectivity index (χ2n) is 6.45. The highest BCUT2D eigenvalue weighted by atomic mass is 15.1. The first-order valence-electron chi connectivity index (χ1n) is 8.57. The van der Waals surface area contributed by atoms with Gasteiger partial charge in [-0.2, -0.15) is 0 Å². The summed E-state index contributed by atoms with van der Waals surface area (Å²) in [5.41, 5.74) is 4.55. The van der Waals surface area contributed by atoms with Crippen LogP contribution in [0.5, 0.6) is 0 Å². The Bertz CT molecular complexity index is 829. The molecule has 2 aromatic heterocycles. The molecule has 0 bridgehead atoms. The van der Waals surface area contributed by atoms with E-state index in [-0.39, 0.29) is 0 Å². The van der Waals surface area contributed by atoms with Crippen LogP contribution >= 0.6 is 0 Å². The van der Waals surface area contributed by atoms with E-state index in [9.17, 15) is 0 Å². The first kappa shape index (κ1) is 15.1. The second-order valence-corrected chi connectivity index (χ2v) is 6.45. The summed E-state index contributed by atoms with van der Waals surface area (Å²) in [5.74, 6) is 1.66. The number of nitrogens with one attached hydrogen (secondary N) is 1. The van der Waals surface area contributed by atoms with Gasteiger partial charge in [-0.1, -0.05) is 12.1 Å². The predicted molar refractivity (Wildman–Crippen MR) is 97.9 cm³/mol. The third kappa shape index (κ3) is 2.97. The van der Waals surface area contributed by atoms with Gasteiger partial charge >= 0.3 is 0 Å². The van der Waals surface area contributed by atoms with Crippen LogP contribution in [0.1, 0.15) is 24.6 Å². The maximum atomic E-state index is 4.84. The molecule has 0 unspecified atom stereocenters. The van der Waals surface area contributed by atoms with Crippen molar-refractivity contribution in [1.29, 1.82) is 0 Å². The van der Waals surface area contributed by atoms with Gasteiger partial charge in [0.1, 0.15) is 5.82 Å². The van der Waals surface area contributed by atoms with Gasteiger partial charge < -0.3 is 4.98 Å². The van der Waals surface area contributed by atoms with Gasteiger partial charge in [-0.15, -0.1) is 6.58 Å². The van der Waals surface area contributed by atoms with Crippen molar-refractivity contribution in [2.45, 2.75) is 18.8 Å². The number of piperidine rings is 1. The van der Waals surface area contributed by atoms with Crippen molar-refractivity contribution in [3.63, 3.8) is 0 Å². The summed E-state index contributed by atoms with van der Waals surface area (Å²) in [7, 11) is 0. The Labute approximate surface area is 142 Å². The number of hydrogen-bond acceptors (Lipinski definition) is 3. The molecule has 24 heavy (non-hydrogen) atoms. The summed E-state index contributed by atoms with van der Waals surface area (Å²) in [6, 6.07) is 10.5. The SMILES string of the molecule is C=CCN1CCC(c2nc3ccc(-c4ccncc4)cc3[nH]2)CC1. The number of benzene rings is 1. The zero-order valence-electron chi connectivity index (χ0n) is 13.8. The third-order valence-electron chi connectivity index (χ3n) is 4.88. The number of imidazole rings is 1. The Morgan fingerprint density at radius 1 is 1.12 bits per heavy atom. The topological polar surface area (TPSA) is 44.8 Å². The minimum absolute atomic E-state index is 0.530. The highest BCUT2D eigenvalue weighted by Gasteiger charge is 2.22. The second kappa shape index (κ2) is 6.57. The van der Waals surface area contributed by atoms with Gasteiger partial charge in [0.05, 0.1) is 11.0 Å². The number of likely N-dealkylation sites (tertiary alicyclic amines) is 1. The average molecular weight is 318 g/mol. The Balaban J connectivity index is 1.57. The van der Waals surface area contributed by atoms with Gasteiger partial charge in [-0.05, 0) is 61.3 Å². The van der Waals surface area contributed by atoms with Crippen LogP contribution < -0.4 is 0 Å². The van der Waals surface area contributed by atoms with E-state index >= 15 is 0 Å². The molecule has 0 atom stereocenters.